The van der Waals surface area contributed by atoms with Gasteiger partial charge in [0.15, 0.2) is 0 Å². The van der Waals surface area contributed by atoms with Gasteiger partial charge >= 0.3 is 4.87 Å². The van der Waals surface area contributed by atoms with Crippen molar-refractivity contribution in [2.75, 3.05) is 39.3 Å². The molecule has 108 valence electrons. The average Bonchev–Trinajstić information content (AvgIpc) is 2.73. The minimum Gasteiger partial charge on any atom is -0.395 e. The number of aromatic nitrogens is 1. The van der Waals surface area contributed by atoms with Crippen LogP contribution in [0.4, 0.5) is 0 Å². The van der Waals surface area contributed by atoms with Crippen LogP contribution in [0.1, 0.15) is 30.3 Å². The second kappa shape index (κ2) is 6.65. The van der Waals surface area contributed by atoms with Gasteiger partial charge in [-0.25, -0.2) is 0 Å². The van der Waals surface area contributed by atoms with E-state index in [1.165, 1.54) is 16.2 Å². The van der Waals surface area contributed by atoms with Gasteiger partial charge in [0.2, 0.25) is 0 Å². The standard InChI is InChI=1S/C13H23N3O2S/c1-10(2)12-11(19-13(18)14-12)9-16-5-3-15(4-6-16)7-8-17/h10,17H,3-9H2,1-2H3,(H,14,18). The predicted octanol–water partition coefficient (Wildman–Crippen LogP) is 0.670. The molecule has 0 unspecified atom stereocenters. The molecule has 0 amide bonds. The Kier molecular flexibility index (Phi) is 5.15. The summed E-state index contributed by atoms with van der Waals surface area (Å²) in [5.74, 6) is 0.365. The summed E-state index contributed by atoms with van der Waals surface area (Å²) in [4.78, 5) is 20.4. The van der Waals surface area contributed by atoms with E-state index >= 15 is 0 Å². The van der Waals surface area contributed by atoms with Crippen LogP contribution in [0.2, 0.25) is 0 Å². The summed E-state index contributed by atoms with van der Waals surface area (Å²) in [5.41, 5.74) is 1.09. The number of hydrogen-bond donors (Lipinski definition) is 2. The lowest BCUT2D eigenvalue weighted by Gasteiger charge is -2.34. The molecule has 19 heavy (non-hydrogen) atoms. The number of aliphatic hydroxyl groups excluding tert-OH is 1. The van der Waals surface area contributed by atoms with Gasteiger partial charge in [0, 0.05) is 49.8 Å². The molecule has 0 saturated carbocycles. The van der Waals surface area contributed by atoms with Crippen LogP contribution in [0, 0.1) is 0 Å². The maximum absolute atomic E-state index is 11.5. The Morgan fingerprint density at radius 2 is 1.89 bits per heavy atom. The Labute approximate surface area is 117 Å². The smallest absolute Gasteiger partial charge is 0.304 e. The highest BCUT2D eigenvalue weighted by atomic mass is 32.1. The van der Waals surface area contributed by atoms with Crippen LogP contribution in [0.25, 0.3) is 0 Å². The average molecular weight is 285 g/mol. The third-order valence-corrected chi connectivity index (χ3v) is 4.46. The topological polar surface area (TPSA) is 59.6 Å². The quantitative estimate of drug-likeness (QED) is 0.835. The Morgan fingerprint density at radius 3 is 2.47 bits per heavy atom. The molecule has 1 aliphatic rings. The van der Waals surface area contributed by atoms with Gasteiger partial charge in [-0.15, -0.1) is 0 Å². The molecule has 1 saturated heterocycles. The van der Waals surface area contributed by atoms with Crippen molar-refractivity contribution in [2.24, 2.45) is 0 Å². The van der Waals surface area contributed by atoms with Gasteiger partial charge in [-0.1, -0.05) is 25.2 Å². The van der Waals surface area contributed by atoms with Gasteiger partial charge in [0.25, 0.3) is 0 Å². The number of aromatic amines is 1. The minimum atomic E-state index is 0.0533. The molecule has 2 N–H and O–H groups in total. The van der Waals surface area contributed by atoms with Gasteiger partial charge in [-0.05, 0) is 5.92 Å². The van der Waals surface area contributed by atoms with Crippen molar-refractivity contribution in [3.05, 3.63) is 20.2 Å². The lowest BCUT2D eigenvalue weighted by atomic mass is 10.1. The molecule has 0 atom stereocenters. The molecule has 2 rings (SSSR count). The molecule has 1 aliphatic heterocycles. The first-order valence-electron chi connectivity index (χ1n) is 6.87. The summed E-state index contributed by atoms with van der Waals surface area (Å²) in [6, 6.07) is 0. The third kappa shape index (κ3) is 3.89. The molecule has 0 aromatic carbocycles. The molecule has 5 nitrogen and oxygen atoms in total. The van der Waals surface area contributed by atoms with Crippen molar-refractivity contribution in [1.82, 2.24) is 14.8 Å². The van der Waals surface area contributed by atoms with E-state index in [0.717, 1.165) is 45.0 Å². The van der Waals surface area contributed by atoms with Crippen molar-refractivity contribution in [3.63, 3.8) is 0 Å². The van der Waals surface area contributed by atoms with Crippen LogP contribution in [-0.2, 0) is 6.54 Å². The number of piperazine rings is 1. The van der Waals surface area contributed by atoms with Crippen molar-refractivity contribution in [3.8, 4) is 0 Å². The number of nitrogens with zero attached hydrogens (tertiary/aromatic N) is 2. The zero-order valence-corrected chi connectivity index (χ0v) is 12.5. The summed E-state index contributed by atoms with van der Waals surface area (Å²) in [7, 11) is 0. The number of thiazole rings is 1. The number of nitrogens with one attached hydrogen (secondary N) is 1. The molecule has 1 fully saturated rings. The first-order chi connectivity index (χ1) is 9.10. The number of rotatable bonds is 5. The highest BCUT2D eigenvalue weighted by Gasteiger charge is 2.19. The zero-order valence-electron chi connectivity index (χ0n) is 11.7. The van der Waals surface area contributed by atoms with Crippen LogP contribution >= 0.6 is 11.3 Å². The van der Waals surface area contributed by atoms with Crippen LogP contribution in [0.5, 0.6) is 0 Å². The van der Waals surface area contributed by atoms with E-state index in [1.807, 2.05) is 0 Å². The van der Waals surface area contributed by atoms with Crippen LogP contribution in [0.15, 0.2) is 4.79 Å². The lowest BCUT2D eigenvalue weighted by molar-refractivity contribution is 0.109. The van der Waals surface area contributed by atoms with E-state index < -0.39 is 0 Å². The monoisotopic (exact) mass is 285 g/mol. The van der Waals surface area contributed by atoms with Gasteiger partial charge in [-0.2, -0.15) is 0 Å². The molecular weight excluding hydrogens is 262 g/mol. The second-order valence-corrected chi connectivity index (χ2v) is 6.42. The fourth-order valence-corrected chi connectivity index (χ4v) is 3.50. The Morgan fingerprint density at radius 1 is 1.26 bits per heavy atom. The maximum Gasteiger partial charge on any atom is 0.304 e. The van der Waals surface area contributed by atoms with E-state index in [9.17, 15) is 4.79 Å². The second-order valence-electron chi connectivity index (χ2n) is 5.35. The highest BCUT2D eigenvalue weighted by molar-refractivity contribution is 7.09. The first kappa shape index (κ1) is 14.7. The zero-order chi connectivity index (χ0) is 13.8. The SMILES string of the molecule is CC(C)c1[nH]c(=O)sc1CN1CCN(CCO)CC1. The van der Waals surface area contributed by atoms with E-state index in [2.05, 4.69) is 28.6 Å². The molecule has 2 heterocycles. The highest BCUT2D eigenvalue weighted by Crippen LogP contribution is 2.21. The van der Waals surface area contributed by atoms with E-state index in [-0.39, 0.29) is 11.5 Å². The van der Waals surface area contributed by atoms with Crippen molar-refractivity contribution in [1.29, 1.82) is 0 Å². The largest absolute Gasteiger partial charge is 0.395 e. The molecule has 0 bridgehead atoms. The normalized spacial score (nSPS) is 18.3. The molecule has 0 aliphatic carbocycles. The fourth-order valence-electron chi connectivity index (χ4n) is 2.47. The first-order valence-corrected chi connectivity index (χ1v) is 7.69. The molecule has 0 radical (unpaired) electrons. The van der Waals surface area contributed by atoms with Crippen molar-refractivity contribution in [2.45, 2.75) is 26.3 Å². The summed E-state index contributed by atoms with van der Waals surface area (Å²) in [6.45, 7) is 10.1. The minimum absolute atomic E-state index is 0.0533. The van der Waals surface area contributed by atoms with E-state index in [4.69, 9.17) is 5.11 Å². The Hall–Kier alpha value is -0.690. The Balaban J connectivity index is 1.94. The predicted molar refractivity (Wildman–Crippen MR) is 77.8 cm³/mol. The number of H-pyrrole nitrogens is 1. The van der Waals surface area contributed by atoms with Crippen LogP contribution in [-0.4, -0.2) is 59.2 Å². The van der Waals surface area contributed by atoms with Gasteiger partial charge in [0.05, 0.1) is 6.61 Å². The van der Waals surface area contributed by atoms with E-state index in [0.29, 0.717) is 5.92 Å². The summed E-state index contributed by atoms with van der Waals surface area (Å²) >= 11 is 1.34. The third-order valence-electron chi connectivity index (χ3n) is 3.58. The molecule has 0 spiro atoms. The van der Waals surface area contributed by atoms with Gasteiger partial charge < -0.3 is 10.1 Å². The number of hydrogen-bond acceptors (Lipinski definition) is 5. The summed E-state index contributed by atoms with van der Waals surface area (Å²) < 4.78 is 0. The van der Waals surface area contributed by atoms with Crippen LogP contribution < -0.4 is 4.87 Å². The summed E-state index contributed by atoms with van der Waals surface area (Å²) in [5, 5.41) is 8.93. The lowest BCUT2D eigenvalue weighted by Crippen LogP contribution is -2.46. The molecule has 1 aromatic rings. The summed E-state index contributed by atoms with van der Waals surface area (Å²) in [6.07, 6.45) is 0. The van der Waals surface area contributed by atoms with Gasteiger partial charge in [0.1, 0.15) is 0 Å². The fraction of sp³-hybridized carbons (Fsp3) is 0.769. The molecule has 1 aromatic heterocycles. The van der Waals surface area contributed by atoms with Crippen molar-refractivity contribution < 1.29 is 5.11 Å². The number of aliphatic hydroxyl groups is 1. The van der Waals surface area contributed by atoms with E-state index in [1.54, 1.807) is 0 Å². The molecular formula is C13H23N3O2S. The maximum atomic E-state index is 11.5. The number of β-amino-alcohol motifs (C(OH)–C–C–N with tert-alkyl or cyclic N) is 1. The molecule has 6 heteroatoms. The van der Waals surface area contributed by atoms with Crippen LogP contribution in [0.3, 0.4) is 0 Å². The van der Waals surface area contributed by atoms with Gasteiger partial charge in [-0.3, -0.25) is 14.6 Å². The van der Waals surface area contributed by atoms with Crippen molar-refractivity contribution >= 4 is 11.3 Å². The Bertz CT molecular complexity index is 447.